The molecule has 0 saturated carbocycles. The third-order valence-electron chi connectivity index (χ3n) is 2.61. The highest BCUT2D eigenvalue weighted by Crippen LogP contribution is 2.18. The largest absolute Gasteiger partial charge is 0.494 e. The molecule has 0 aromatic heterocycles. The zero-order valence-electron chi connectivity index (χ0n) is 11.4. The van der Waals surface area contributed by atoms with Crippen LogP contribution in [-0.2, 0) is 9.59 Å². The van der Waals surface area contributed by atoms with E-state index in [4.69, 9.17) is 14.9 Å². The molecule has 1 aromatic rings. The number of aliphatic hydroxyl groups excluding tert-OH is 1. The summed E-state index contributed by atoms with van der Waals surface area (Å²) in [6.07, 6.45) is 0.997. The number of carbonyl (C=O) groups excluding carboxylic acids is 1. The maximum Gasteiger partial charge on any atom is 0.332 e. The average Bonchev–Trinajstić information content (AvgIpc) is 2.45. The second kappa shape index (κ2) is 8.01. The molecule has 0 aliphatic rings. The number of amides is 1. The van der Waals surface area contributed by atoms with E-state index in [2.05, 4.69) is 5.32 Å². The number of aliphatic carboxylic acids is 1. The van der Waals surface area contributed by atoms with Gasteiger partial charge in [-0.1, -0.05) is 6.07 Å². The number of nitrogens with one attached hydrogen (secondary N) is 1. The lowest BCUT2D eigenvalue weighted by Crippen LogP contribution is -2.28. The van der Waals surface area contributed by atoms with Gasteiger partial charge in [0.25, 0.3) is 0 Å². The number of hydrogen-bond donors (Lipinski definition) is 3. The number of carbonyl (C=O) groups is 2. The van der Waals surface area contributed by atoms with Crippen molar-refractivity contribution in [2.24, 2.45) is 0 Å². The summed E-state index contributed by atoms with van der Waals surface area (Å²) in [5.41, 5.74) is 0.481. The third-order valence-corrected chi connectivity index (χ3v) is 2.61. The summed E-state index contributed by atoms with van der Waals surface area (Å²) < 4.78 is 18.2. The van der Waals surface area contributed by atoms with Crippen molar-refractivity contribution in [1.82, 2.24) is 5.32 Å². The van der Waals surface area contributed by atoms with Crippen molar-refractivity contribution < 1.29 is 28.9 Å². The molecule has 0 spiro atoms. The fourth-order valence-electron chi connectivity index (χ4n) is 1.47. The first-order valence-corrected chi connectivity index (χ1v) is 6.14. The number of halogens is 1. The van der Waals surface area contributed by atoms with Gasteiger partial charge in [-0.15, -0.1) is 0 Å². The molecule has 0 fully saturated rings. The highest BCUT2D eigenvalue weighted by atomic mass is 19.1. The van der Waals surface area contributed by atoms with Crippen LogP contribution in [0, 0.1) is 5.82 Å². The Hall–Kier alpha value is -2.41. The quantitative estimate of drug-likeness (QED) is 0.647. The van der Waals surface area contributed by atoms with Gasteiger partial charge in [-0.2, -0.15) is 0 Å². The molecule has 3 N–H and O–H groups in total. The van der Waals surface area contributed by atoms with Gasteiger partial charge in [-0.25, -0.2) is 9.18 Å². The Bertz CT molecular complexity index is 544. The molecule has 6 nitrogen and oxygen atoms in total. The molecular formula is C14H16FNO5. The zero-order valence-corrected chi connectivity index (χ0v) is 11.4. The average molecular weight is 297 g/mol. The Labute approximate surface area is 120 Å². The number of rotatable bonds is 7. The van der Waals surface area contributed by atoms with Crippen molar-refractivity contribution >= 4 is 18.0 Å². The highest BCUT2D eigenvalue weighted by Gasteiger charge is 2.12. The monoisotopic (exact) mass is 297 g/mol. The van der Waals surface area contributed by atoms with E-state index in [-0.39, 0.29) is 18.7 Å². The van der Waals surface area contributed by atoms with Crippen molar-refractivity contribution in [2.45, 2.75) is 12.5 Å². The zero-order chi connectivity index (χ0) is 15.8. The number of hydrogen-bond acceptors (Lipinski definition) is 4. The summed E-state index contributed by atoms with van der Waals surface area (Å²) in [7, 11) is 1.35. The lowest BCUT2D eigenvalue weighted by molar-refractivity contribution is -0.147. The number of ether oxygens (including phenoxy) is 1. The van der Waals surface area contributed by atoms with Crippen LogP contribution in [0.25, 0.3) is 6.08 Å². The number of aliphatic hydroxyl groups is 1. The molecule has 1 aromatic carbocycles. The molecule has 1 atom stereocenters. The normalized spacial score (nSPS) is 12.1. The van der Waals surface area contributed by atoms with Gasteiger partial charge < -0.3 is 20.3 Å². The molecule has 0 aliphatic heterocycles. The van der Waals surface area contributed by atoms with Crippen molar-refractivity contribution in [3.05, 3.63) is 35.7 Å². The van der Waals surface area contributed by atoms with Crippen LogP contribution < -0.4 is 10.1 Å². The molecule has 1 rings (SSSR count). The Balaban J connectivity index is 2.47. The van der Waals surface area contributed by atoms with E-state index in [1.165, 1.54) is 31.4 Å². The topological polar surface area (TPSA) is 95.9 Å². The summed E-state index contributed by atoms with van der Waals surface area (Å²) in [5, 5.41) is 19.9. The fraction of sp³-hybridized carbons (Fsp3) is 0.286. The summed E-state index contributed by atoms with van der Waals surface area (Å²) in [6, 6.07) is 4.24. The van der Waals surface area contributed by atoms with Crippen molar-refractivity contribution in [1.29, 1.82) is 0 Å². The van der Waals surface area contributed by atoms with Crippen LogP contribution in [0.5, 0.6) is 5.75 Å². The van der Waals surface area contributed by atoms with E-state index < -0.39 is 23.8 Å². The lowest BCUT2D eigenvalue weighted by Gasteiger charge is -2.05. The SMILES string of the molecule is COc1ccc(/C=C/C(=O)NCCC(O)C(=O)O)cc1F. The molecule has 1 unspecified atom stereocenters. The summed E-state index contributed by atoms with van der Waals surface area (Å²) in [4.78, 5) is 21.8. The van der Waals surface area contributed by atoms with Crippen LogP contribution in [0.2, 0.25) is 0 Å². The molecule has 114 valence electrons. The molecule has 0 heterocycles. The molecular weight excluding hydrogens is 281 g/mol. The first-order valence-electron chi connectivity index (χ1n) is 6.14. The second-order valence-electron chi connectivity index (χ2n) is 4.16. The Kier molecular flexibility index (Phi) is 6.35. The minimum absolute atomic E-state index is 0.0214. The van der Waals surface area contributed by atoms with E-state index in [1.54, 1.807) is 6.07 Å². The van der Waals surface area contributed by atoms with Gasteiger partial charge in [0.15, 0.2) is 17.7 Å². The van der Waals surface area contributed by atoms with Gasteiger partial charge in [-0.3, -0.25) is 4.79 Å². The van der Waals surface area contributed by atoms with Gasteiger partial charge in [0.1, 0.15) is 0 Å². The predicted octanol–water partition coefficient (Wildman–Crippen LogP) is 0.799. The van der Waals surface area contributed by atoms with Crippen LogP contribution in [0.1, 0.15) is 12.0 Å². The van der Waals surface area contributed by atoms with E-state index in [1.807, 2.05) is 0 Å². The van der Waals surface area contributed by atoms with Crippen molar-refractivity contribution in [3.8, 4) is 5.75 Å². The van der Waals surface area contributed by atoms with Gasteiger partial charge in [0.05, 0.1) is 7.11 Å². The highest BCUT2D eigenvalue weighted by molar-refractivity contribution is 5.91. The molecule has 1 amide bonds. The first-order chi connectivity index (χ1) is 9.93. The number of carboxylic acids is 1. The third kappa shape index (κ3) is 5.62. The fourth-order valence-corrected chi connectivity index (χ4v) is 1.47. The standard InChI is InChI=1S/C14H16FNO5/c1-21-12-4-2-9(8-10(12)15)3-5-13(18)16-7-6-11(17)14(19)20/h2-5,8,11,17H,6-7H2,1H3,(H,16,18)(H,19,20)/b5-3+. The van der Waals surface area contributed by atoms with Gasteiger partial charge in [0.2, 0.25) is 5.91 Å². The van der Waals surface area contributed by atoms with E-state index in [0.717, 1.165) is 0 Å². The Morgan fingerprint density at radius 1 is 1.48 bits per heavy atom. The van der Waals surface area contributed by atoms with Crippen LogP contribution in [0.15, 0.2) is 24.3 Å². The number of carboxylic acid groups (broad SMARTS) is 1. The maximum atomic E-state index is 13.4. The molecule has 7 heteroatoms. The Morgan fingerprint density at radius 2 is 2.19 bits per heavy atom. The van der Waals surface area contributed by atoms with E-state index in [0.29, 0.717) is 5.56 Å². The van der Waals surface area contributed by atoms with Crippen molar-refractivity contribution in [3.63, 3.8) is 0 Å². The molecule has 0 aliphatic carbocycles. The smallest absolute Gasteiger partial charge is 0.332 e. The van der Waals surface area contributed by atoms with E-state index in [9.17, 15) is 14.0 Å². The summed E-state index contributed by atoms with van der Waals surface area (Å²) in [5.74, 6) is -2.23. The minimum atomic E-state index is -1.51. The molecule has 21 heavy (non-hydrogen) atoms. The van der Waals surface area contributed by atoms with Crippen LogP contribution in [0.3, 0.4) is 0 Å². The van der Waals surface area contributed by atoms with Crippen LogP contribution in [0.4, 0.5) is 4.39 Å². The van der Waals surface area contributed by atoms with E-state index >= 15 is 0 Å². The Morgan fingerprint density at radius 3 is 2.76 bits per heavy atom. The minimum Gasteiger partial charge on any atom is -0.494 e. The molecule has 0 radical (unpaired) electrons. The summed E-state index contributed by atoms with van der Waals surface area (Å²) >= 11 is 0. The summed E-state index contributed by atoms with van der Waals surface area (Å²) in [6.45, 7) is 0.0214. The molecule has 0 bridgehead atoms. The predicted molar refractivity (Wildman–Crippen MR) is 73.3 cm³/mol. The number of methoxy groups -OCH3 is 1. The van der Waals surface area contributed by atoms with Gasteiger partial charge in [-0.05, 0) is 23.8 Å². The van der Waals surface area contributed by atoms with Crippen molar-refractivity contribution in [2.75, 3.05) is 13.7 Å². The lowest BCUT2D eigenvalue weighted by atomic mass is 10.2. The molecule has 0 saturated heterocycles. The maximum absolute atomic E-state index is 13.4. The van der Waals surface area contributed by atoms with Gasteiger partial charge in [0, 0.05) is 19.0 Å². The second-order valence-corrected chi connectivity index (χ2v) is 4.16. The van der Waals surface area contributed by atoms with Crippen LogP contribution >= 0.6 is 0 Å². The first kappa shape index (κ1) is 16.6. The van der Waals surface area contributed by atoms with Gasteiger partial charge >= 0.3 is 5.97 Å². The number of benzene rings is 1. The van der Waals surface area contributed by atoms with Crippen LogP contribution in [-0.4, -0.2) is 41.8 Å².